The first-order valence-electron chi connectivity index (χ1n) is 8.09. The van der Waals surface area contributed by atoms with E-state index in [1.165, 1.54) is 42.1 Å². The van der Waals surface area contributed by atoms with Crippen LogP contribution in [0, 0.1) is 0 Å². The van der Waals surface area contributed by atoms with Crippen molar-refractivity contribution in [2.45, 2.75) is 19.1 Å². The highest BCUT2D eigenvalue weighted by Crippen LogP contribution is 2.32. The van der Waals surface area contributed by atoms with Crippen LogP contribution in [0.1, 0.15) is 23.3 Å². The normalized spacial score (nSPS) is 12.6. The van der Waals surface area contributed by atoms with Gasteiger partial charge in [0.05, 0.1) is 0 Å². The summed E-state index contributed by atoms with van der Waals surface area (Å²) in [5, 5.41) is 9.71. The zero-order valence-corrected chi connectivity index (χ0v) is 14.8. The summed E-state index contributed by atoms with van der Waals surface area (Å²) in [6.45, 7) is 0.976. The summed E-state index contributed by atoms with van der Waals surface area (Å²) in [4.78, 5) is 28.5. The standard InChI is InChI=1S/C17H15F3N6O2/c1-10(17(18,19)20)26-9-21-24-14(26)12-6-3-7-13(22-12)23-15(27)11-5-4-8-25(2)16(11)28/h3-10H,1-2H3,(H,22,23,27)/t10-/m0/s1. The SMILES string of the molecule is C[C@H](n1cnnc1-c1cccc(NC(=O)c2cccn(C)c2=O)n1)C(F)(F)F. The van der Waals surface area contributed by atoms with Gasteiger partial charge in [0.1, 0.15) is 29.4 Å². The van der Waals surface area contributed by atoms with Crippen LogP contribution in [0.5, 0.6) is 0 Å². The second-order valence-corrected chi connectivity index (χ2v) is 5.98. The van der Waals surface area contributed by atoms with Crippen molar-refractivity contribution >= 4 is 11.7 Å². The summed E-state index contributed by atoms with van der Waals surface area (Å²) in [5.74, 6) is -0.727. The molecule has 3 heterocycles. The number of anilines is 1. The number of nitrogens with zero attached hydrogens (tertiary/aromatic N) is 5. The predicted octanol–water partition coefficient (Wildman–Crippen LogP) is 2.41. The van der Waals surface area contributed by atoms with Gasteiger partial charge in [-0.25, -0.2) is 4.98 Å². The second-order valence-electron chi connectivity index (χ2n) is 5.98. The van der Waals surface area contributed by atoms with Gasteiger partial charge in [-0.05, 0) is 31.2 Å². The molecule has 11 heteroatoms. The first kappa shape index (κ1) is 19.3. The number of aromatic nitrogens is 5. The maximum absolute atomic E-state index is 13.0. The van der Waals surface area contributed by atoms with Gasteiger partial charge in [0.2, 0.25) is 0 Å². The molecule has 1 atom stereocenters. The van der Waals surface area contributed by atoms with E-state index >= 15 is 0 Å². The topological polar surface area (TPSA) is 94.7 Å². The minimum absolute atomic E-state index is 0.0580. The molecule has 0 bridgehead atoms. The zero-order valence-electron chi connectivity index (χ0n) is 14.8. The Labute approximate surface area is 156 Å². The second kappa shape index (κ2) is 7.25. The van der Waals surface area contributed by atoms with Crippen LogP contribution in [0.4, 0.5) is 19.0 Å². The number of pyridine rings is 2. The van der Waals surface area contributed by atoms with Crippen molar-refractivity contribution in [3.8, 4) is 11.5 Å². The van der Waals surface area contributed by atoms with Crippen LogP contribution in [-0.2, 0) is 7.05 Å². The van der Waals surface area contributed by atoms with Gasteiger partial charge in [-0.2, -0.15) is 13.2 Å². The largest absolute Gasteiger partial charge is 0.408 e. The molecule has 1 amide bonds. The fourth-order valence-corrected chi connectivity index (χ4v) is 2.45. The first-order valence-corrected chi connectivity index (χ1v) is 8.09. The van der Waals surface area contributed by atoms with Gasteiger partial charge in [0, 0.05) is 13.2 Å². The molecule has 0 aliphatic heterocycles. The molecular weight excluding hydrogens is 377 g/mol. The van der Waals surface area contributed by atoms with Gasteiger partial charge in [-0.15, -0.1) is 10.2 Å². The fraction of sp³-hybridized carbons (Fsp3) is 0.235. The highest BCUT2D eigenvalue weighted by molar-refractivity contribution is 6.03. The minimum atomic E-state index is -4.49. The first-order chi connectivity index (χ1) is 13.2. The molecule has 3 rings (SSSR count). The number of halogens is 3. The van der Waals surface area contributed by atoms with Gasteiger partial charge in [0.15, 0.2) is 5.82 Å². The zero-order chi connectivity index (χ0) is 20.5. The number of amides is 1. The van der Waals surface area contributed by atoms with E-state index in [-0.39, 0.29) is 22.9 Å². The number of carbonyl (C=O) groups excluding carboxylic acids is 1. The van der Waals surface area contributed by atoms with Crippen molar-refractivity contribution in [3.63, 3.8) is 0 Å². The van der Waals surface area contributed by atoms with Gasteiger partial charge in [-0.3, -0.25) is 9.59 Å². The fourth-order valence-electron chi connectivity index (χ4n) is 2.45. The predicted molar refractivity (Wildman–Crippen MR) is 93.7 cm³/mol. The van der Waals surface area contributed by atoms with Crippen molar-refractivity contribution in [2.24, 2.45) is 7.05 Å². The van der Waals surface area contributed by atoms with Crippen molar-refractivity contribution in [2.75, 3.05) is 5.32 Å². The molecule has 0 aromatic carbocycles. The molecule has 0 aliphatic carbocycles. The average Bonchev–Trinajstić information content (AvgIpc) is 3.12. The molecule has 1 N–H and O–H groups in total. The van der Waals surface area contributed by atoms with E-state index in [9.17, 15) is 22.8 Å². The Morgan fingerprint density at radius 1 is 1.21 bits per heavy atom. The van der Waals surface area contributed by atoms with Crippen LogP contribution in [0.2, 0.25) is 0 Å². The van der Waals surface area contributed by atoms with Gasteiger partial charge in [0.25, 0.3) is 11.5 Å². The maximum atomic E-state index is 13.0. The van der Waals surface area contributed by atoms with E-state index in [1.54, 1.807) is 6.07 Å². The molecule has 3 aromatic rings. The molecule has 0 unspecified atom stereocenters. The Hall–Kier alpha value is -3.50. The molecule has 0 radical (unpaired) electrons. The Morgan fingerprint density at radius 3 is 2.68 bits per heavy atom. The number of alkyl halides is 3. The van der Waals surface area contributed by atoms with Crippen LogP contribution in [0.15, 0.2) is 47.7 Å². The van der Waals surface area contributed by atoms with E-state index < -0.39 is 23.7 Å². The number of carbonyl (C=O) groups is 1. The molecule has 3 aromatic heterocycles. The minimum Gasteiger partial charge on any atom is -0.318 e. The van der Waals surface area contributed by atoms with Gasteiger partial charge < -0.3 is 14.5 Å². The molecule has 0 saturated carbocycles. The quantitative estimate of drug-likeness (QED) is 0.736. The lowest BCUT2D eigenvalue weighted by molar-refractivity contribution is -0.162. The summed E-state index contributed by atoms with van der Waals surface area (Å²) in [5.41, 5.74) is -0.492. The Bertz CT molecular complexity index is 1070. The molecule has 0 aliphatic rings. The third kappa shape index (κ3) is 3.77. The number of hydrogen-bond donors (Lipinski definition) is 1. The molecule has 8 nitrogen and oxygen atoms in total. The van der Waals surface area contributed by atoms with E-state index in [2.05, 4.69) is 20.5 Å². The lowest BCUT2D eigenvalue weighted by Crippen LogP contribution is -2.27. The van der Waals surface area contributed by atoms with Crippen LogP contribution < -0.4 is 10.9 Å². The average molecular weight is 392 g/mol. The Balaban J connectivity index is 1.90. The monoisotopic (exact) mass is 392 g/mol. The lowest BCUT2D eigenvalue weighted by Gasteiger charge is -2.18. The molecule has 0 spiro atoms. The van der Waals surface area contributed by atoms with Crippen LogP contribution in [-0.4, -0.2) is 36.4 Å². The smallest absolute Gasteiger partial charge is 0.318 e. The number of rotatable bonds is 4. The Kier molecular flexibility index (Phi) is 4.99. The third-order valence-electron chi connectivity index (χ3n) is 4.05. The molecule has 0 saturated heterocycles. The summed E-state index contributed by atoms with van der Waals surface area (Å²) >= 11 is 0. The summed E-state index contributed by atoms with van der Waals surface area (Å²) < 4.78 is 41.2. The number of nitrogens with one attached hydrogen (secondary N) is 1. The summed E-state index contributed by atoms with van der Waals surface area (Å²) in [7, 11) is 1.51. The van der Waals surface area contributed by atoms with Crippen molar-refractivity contribution in [3.05, 3.63) is 58.8 Å². The molecule has 0 fully saturated rings. The molecule has 28 heavy (non-hydrogen) atoms. The highest BCUT2D eigenvalue weighted by Gasteiger charge is 2.38. The number of aryl methyl sites for hydroxylation is 1. The summed E-state index contributed by atoms with van der Waals surface area (Å²) in [6.07, 6.45) is -2.02. The van der Waals surface area contributed by atoms with Crippen LogP contribution >= 0.6 is 0 Å². The van der Waals surface area contributed by atoms with E-state index in [4.69, 9.17) is 0 Å². The summed E-state index contributed by atoms with van der Waals surface area (Å²) in [6, 6.07) is 5.44. The van der Waals surface area contributed by atoms with Crippen LogP contribution in [0.25, 0.3) is 11.5 Å². The van der Waals surface area contributed by atoms with Crippen molar-refractivity contribution in [1.29, 1.82) is 0 Å². The number of hydrogen-bond acceptors (Lipinski definition) is 5. The van der Waals surface area contributed by atoms with Crippen molar-refractivity contribution in [1.82, 2.24) is 24.3 Å². The van der Waals surface area contributed by atoms with Gasteiger partial charge >= 0.3 is 6.18 Å². The lowest BCUT2D eigenvalue weighted by atomic mass is 10.2. The van der Waals surface area contributed by atoms with Crippen LogP contribution in [0.3, 0.4) is 0 Å². The highest BCUT2D eigenvalue weighted by atomic mass is 19.4. The molecular formula is C17H15F3N6O2. The van der Waals surface area contributed by atoms with E-state index in [1.807, 2.05) is 0 Å². The Morgan fingerprint density at radius 2 is 1.96 bits per heavy atom. The van der Waals surface area contributed by atoms with Crippen molar-refractivity contribution < 1.29 is 18.0 Å². The maximum Gasteiger partial charge on any atom is 0.408 e. The van der Waals surface area contributed by atoms with E-state index in [0.29, 0.717) is 0 Å². The van der Waals surface area contributed by atoms with Gasteiger partial charge in [-0.1, -0.05) is 6.07 Å². The van der Waals surface area contributed by atoms with E-state index in [0.717, 1.165) is 17.8 Å². The third-order valence-corrected chi connectivity index (χ3v) is 4.05. The molecule has 146 valence electrons.